The second-order valence-electron chi connectivity index (χ2n) is 25.3. The Morgan fingerprint density at radius 2 is 0.558 bits per heavy atom. The molecule has 0 saturated heterocycles. The van der Waals surface area contributed by atoms with Crippen molar-refractivity contribution in [3.63, 3.8) is 0 Å². The summed E-state index contributed by atoms with van der Waals surface area (Å²) in [5, 5.41) is 0. The molecule has 16 rings (SSSR count). The number of nitrogens with zero attached hydrogens (tertiary/aromatic N) is 2. The summed E-state index contributed by atoms with van der Waals surface area (Å²) in [6, 6.07) is 81.0. The van der Waals surface area contributed by atoms with Crippen molar-refractivity contribution in [3.8, 4) is 56.4 Å². The van der Waals surface area contributed by atoms with E-state index in [4.69, 9.17) is 9.47 Å². The minimum absolute atomic E-state index is 0.370. The molecule has 2 aliphatic rings. The van der Waals surface area contributed by atoms with Crippen LogP contribution < -0.4 is 19.3 Å². The lowest BCUT2D eigenvalue weighted by Gasteiger charge is -2.35. The summed E-state index contributed by atoms with van der Waals surface area (Å²) in [5.74, 6) is -13.4. The molecule has 104 heavy (non-hydrogen) atoms. The van der Waals surface area contributed by atoms with Gasteiger partial charge in [0.2, 0.25) is 0 Å². The third kappa shape index (κ3) is 11.0. The van der Waals surface area contributed by atoms with Gasteiger partial charge in [-0.3, -0.25) is 0 Å². The standard InChI is InChI=1S/C90H54F10N2O2/c1-3-53-13-39-67(40-14-53)103-69-43-21-57(22-44-69)89(79-51-81(93)85(97)87(99)83(79)95)75-11-7-5-9-71(75)73-47-37-65(49-77(73)89)101(63-33-25-59(91)26-34-63)61-29-17-55(18-30-61)56-19-31-62(32-20-56)102(64-35-27-60(92)28-36-64)66-38-48-74-72-10-6-8-12-76(72)90(78(74)50-66,80-52-82(94)86(98)88(100)84(80)96)58-23-45-70(46-24-58)104-68-41-15-54(4-2)16-42-68/h3-52H,1-2H2/t89-,90?/m1/s1. The van der Waals surface area contributed by atoms with E-state index in [1.165, 1.54) is 24.3 Å². The maximum absolute atomic E-state index is 17.1. The van der Waals surface area contributed by atoms with E-state index < -0.39 is 80.1 Å². The van der Waals surface area contributed by atoms with Crippen LogP contribution in [0.15, 0.2) is 304 Å². The molecule has 14 aromatic rings. The van der Waals surface area contributed by atoms with E-state index in [0.29, 0.717) is 125 Å². The molecule has 0 saturated carbocycles. The Bertz CT molecular complexity index is 5340. The molecule has 0 N–H and O–H groups in total. The van der Waals surface area contributed by atoms with Gasteiger partial charge in [0.25, 0.3) is 0 Å². The molecule has 0 aliphatic heterocycles. The minimum Gasteiger partial charge on any atom is -0.457 e. The van der Waals surface area contributed by atoms with Gasteiger partial charge in [-0.05, 0) is 236 Å². The van der Waals surface area contributed by atoms with E-state index in [1.54, 1.807) is 158 Å². The van der Waals surface area contributed by atoms with Gasteiger partial charge in [0, 0.05) is 45.3 Å². The number of rotatable bonds is 17. The highest BCUT2D eigenvalue weighted by Crippen LogP contribution is 2.61. The first kappa shape index (κ1) is 65.7. The Labute approximate surface area is 591 Å². The molecule has 0 bridgehead atoms. The van der Waals surface area contributed by atoms with Crippen LogP contribution in [-0.2, 0) is 10.8 Å². The summed E-state index contributed by atoms with van der Waals surface area (Å²) in [7, 11) is 0. The van der Waals surface area contributed by atoms with Crippen molar-refractivity contribution in [1.82, 2.24) is 0 Å². The van der Waals surface area contributed by atoms with Gasteiger partial charge in [-0.1, -0.05) is 159 Å². The highest BCUT2D eigenvalue weighted by Gasteiger charge is 2.51. The zero-order chi connectivity index (χ0) is 71.7. The molecular formula is C90H54F10N2O2. The first-order valence-electron chi connectivity index (χ1n) is 33.0. The summed E-state index contributed by atoms with van der Waals surface area (Å²) in [6.45, 7) is 7.63. The number of fused-ring (bicyclic) bond motifs is 6. The Hall–Kier alpha value is -12.9. The lowest BCUT2D eigenvalue weighted by atomic mass is 9.67. The van der Waals surface area contributed by atoms with Crippen LogP contribution in [0.2, 0.25) is 0 Å². The maximum atomic E-state index is 17.1. The number of hydrogen-bond donors (Lipinski definition) is 0. The molecule has 14 aromatic carbocycles. The zero-order valence-electron chi connectivity index (χ0n) is 54.8. The van der Waals surface area contributed by atoms with Gasteiger partial charge in [0.15, 0.2) is 46.5 Å². The molecular weight excluding hydrogens is 1330 g/mol. The molecule has 2 atom stereocenters. The third-order valence-electron chi connectivity index (χ3n) is 19.6. The van der Waals surface area contributed by atoms with Gasteiger partial charge >= 0.3 is 0 Å². The molecule has 2 aliphatic carbocycles. The van der Waals surface area contributed by atoms with Crippen LogP contribution in [0.5, 0.6) is 23.0 Å². The van der Waals surface area contributed by atoms with E-state index >= 15 is 35.1 Å². The molecule has 506 valence electrons. The molecule has 0 amide bonds. The van der Waals surface area contributed by atoms with Crippen molar-refractivity contribution in [2.24, 2.45) is 0 Å². The summed E-state index contributed by atoms with van der Waals surface area (Å²) < 4.78 is 171. The van der Waals surface area contributed by atoms with E-state index in [-0.39, 0.29) is 0 Å². The average Bonchev–Trinajstić information content (AvgIpc) is 1.37. The molecule has 4 nitrogen and oxygen atoms in total. The fourth-order valence-corrected chi connectivity index (χ4v) is 14.9. The van der Waals surface area contributed by atoms with Crippen molar-refractivity contribution in [3.05, 3.63) is 418 Å². The fourth-order valence-electron chi connectivity index (χ4n) is 14.9. The maximum Gasteiger partial charge on any atom is 0.197 e. The molecule has 0 aromatic heterocycles. The lowest BCUT2D eigenvalue weighted by Crippen LogP contribution is -2.31. The van der Waals surface area contributed by atoms with Crippen LogP contribution in [0.3, 0.4) is 0 Å². The van der Waals surface area contributed by atoms with Crippen molar-refractivity contribution < 1.29 is 53.4 Å². The first-order valence-corrected chi connectivity index (χ1v) is 33.0. The Balaban J connectivity index is 0.786. The summed E-state index contributed by atoms with van der Waals surface area (Å²) in [5.41, 5.74) is 6.61. The number of ether oxygens (including phenoxy) is 2. The molecule has 0 spiro atoms. The zero-order valence-corrected chi connectivity index (χ0v) is 54.8. The van der Waals surface area contributed by atoms with Gasteiger partial charge < -0.3 is 19.3 Å². The minimum atomic E-state index is -1.98. The van der Waals surface area contributed by atoms with Crippen molar-refractivity contribution in [2.45, 2.75) is 10.8 Å². The van der Waals surface area contributed by atoms with Gasteiger partial charge in [0.1, 0.15) is 34.6 Å². The van der Waals surface area contributed by atoms with Crippen LogP contribution in [0.4, 0.5) is 78.0 Å². The van der Waals surface area contributed by atoms with E-state index in [1.807, 2.05) is 119 Å². The normalized spacial score (nSPS) is 14.6. The van der Waals surface area contributed by atoms with E-state index in [2.05, 4.69) is 13.2 Å². The van der Waals surface area contributed by atoms with Crippen LogP contribution in [0.25, 0.3) is 45.5 Å². The van der Waals surface area contributed by atoms with Crippen LogP contribution in [0, 0.1) is 58.2 Å². The van der Waals surface area contributed by atoms with Crippen molar-refractivity contribution in [1.29, 1.82) is 0 Å². The summed E-state index contributed by atoms with van der Waals surface area (Å²) in [4.78, 5) is 3.71. The number of halogens is 10. The van der Waals surface area contributed by atoms with Crippen LogP contribution >= 0.6 is 0 Å². The Morgan fingerprint density at radius 1 is 0.260 bits per heavy atom. The lowest BCUT2D eigenvalue weighted by molar-refractivity contribution is 0.399. The van der Waals surface area contributed by atoms with Gasteiger partial charge in [-0.25, -0.2) is 43.9 Å². The third-order valence-corrected chi connectivity index (χ3v) is 19.6. The molecule has 0 heterocycles. The van der Waals surface area contributed by atoms with E-state index in [9.17, 15) is 8.78 Å². The predicted octanol–water partition coefficient (Wildman–Crippen LogP) is 25.3. The SMILES string of the molecule is C=Cc1ccc(Oc2ccc(C3(c4cc(F)c(F)c(F)c4F)c4ccccc4-c4ccc(N(c5ccc(F)cc5)c5ccc(-c6ccc(N(c7ccc(F)cc7)c7ccc8c(c7)[C@](c7ccc(Oc9ccc(C=C)cc9)cc7)(c7cc(F)c(F)c(F)c7F)c7ccccc7-8)cc6)cc5)cc43)cc2)cc1. The highest BCUT2D eigenvalue weighted by molar-refractivity contribution is 5.92. The quantitative estimate of drug-likeness (QED) is 0.0515. The summed E-state index contributed by atoms with van der Waals surface area (Å²) >= 11 is 0. The Morgan fingerprint density at radius 3 is 0.894 bits per heavy atom. The largest absolute Gasteiger partial charge is 0.457 e. The molecule has 14 heteroatoms. The van der Waals surface area contributed by atoms with Crippen LogP contribution in [-0.4, -0.2) is 0 Å². The predicted molar refractivity (Wildman–Crippen MR) is 389 cm³/mol. The number of hydrogen-bond acceptors (Lipinski definition) is 4. The van der Waals surface area contributed by atoms with Crippen molar-refractivity contribution in [2.75, 3.05) is 9.80 Å². The highest BCUT2D eigenvalue weighted by atomic mass is 19.2. The second-order valence-corrected chi connectivity index (χ2v) is 25.3. The number of benzene rings is 14. The average molecular weight is 1390 g/mol. The second kappa shape index (κ2) is 26.2. The molecule has 1 unspecified atom stereocenters. The van der Waals surface area contributed by atoms with Crippen LogP contribution in [0.1, 0.15) is 55.6 Å². The number of anilines is 6. The first-order chi connectivity index (χ1) is 50.5. The van der Waals surface area contributed by atoms with Gasteiger partial charge in [-0.15, -0.1) is 0 Å². The monoisotopic (exact) mass is 1380 g/mol. The Kier molecular flexibility index (Phi) is 16.6. The topological polar surface area (TPSA) is 24.9 Å². The molecule has 0 fully saturated rings. The van der Waals surface area contributed by atoms with E-state index in [0.717, 1.165) is 22.3 Å². The molecule has 0 radical (unpaired) electrons. The smallest absolute Gasteiger partial charge is 0.197 e. The van der Waals surface area contributed by atoms with Crippen molar-refractivity contribution >= 4 is 46.3 Å². The van der Waals surface area contributed by atoms with Gasteiger partial charge in [0.05, 0.1) is 10.8 Å². The van der Waals surface area contributed by atoms with Gasteiger partial charge in [-0.2, -0.15) is 0 Å². The fraction of sp³-hybridized carbons (Fsp3) is 0.0222. The summed E-state index contributed by atoms with van der Waals surface area (Å²) in [6.07, 6.45) is 3.40.